The molecule has 5 heteroatoms. The number of hydrogen-bond acceptors (Lipinski definition) is 3. The van der Waals surface area contributed by atoms with Gasteiger partial charge in [0.25, 0.3) is 5.91 Å². The average Bonchev–Trinajstić information content (AvgIpc) is 2.60. The molecule has 0 fully saturated rings. The molecule has 2 N–H and O–H groups in total. The summed E-state index contributed by atoms with van der Waals surface area (Å²) in [7, 11) is 0. The SMILES string of the molecule is CCCCCC(=O)Nc1cccc(NC(=O)COc2cccc(C)c2)c1. The predicted molar refractivity (Wildman–Crippen MR) is 105 cm³/mol. The smallest absolute Gasteiger partial charge is 0.262 e. The van der Waals surface area contributed by atoms with Crippen LogP contribution in [0, 0.1) is 6.92 Å². The van der Waals surface area contributed by atoms with Gasteiger partial charge in [-0.25, -0.2) is 0 Å². The molecule has 26 heavy (non-hydrogen) atoms. The number of anilines is 2. The number of aryl methyl sites for hydroxylation is 1. The molecule has 138 valence electrons. The van der Waals surface area contributed by atoms with E-state index in [-0.39, 0.29) is 18.4 Å². The van der Waals surface area contributed by atoms with Crippen LogP contribution in [0.5, 0.6) is 5.75 Å². The van der Waals surface area contributed by atoms with E-state index < -0.39 is 0 Å². The van der Waals surface area contributed by atoms with E-state index in [1.54, 1.807) is 24.3 Å². The van der Waals surface area contributed by atoms with Crippen molar-refractivity contribution in [2.75, 3.05) is 17.2 Å². The zero-order valence-electron chi connectivity index (χ0n) is 15.4. The predicted octanol–water partition coefficient (Wildman–Crippen LogP) is 4.53. The number of hydrogen-bond donors (Lipinski definition) is 2. The Bertz CT molecular complexity index is 744. The van der Waals surface area contributed by atoms with Gasteiger partial charge in [0.2, 0.25) is 5.91 Å². The fourth-order valence-electron chi connectivity index (χ4n) is 2.48. The van der Waals surface area contributed by atoms with Crippen LogP contribution in [0.1, 0.15) is 38.2 Å². The van der Waals surface area contributed by atoms with E-state index in [1.807, 2.05) is 31.2 Å². The third kappa shape index (κ3) is 6.97. The summed E-state index contributed by atoms with van der Waals surface area (Å²) in [5.74, 6) is 0.399. The molecule has 5 nitrogen and oxygen atoms in total. The molecule has 2 aromatic carbocycles. The molecule has 0 saturated carbocycles. The van der Waals surface area contributed by atoms with Gasteiger partial charge in [0, 0.05) is 17.8 Å². The summed E-state index contributed by atoms with van der Waals surface area (Å²) >= 11 is 0. The van der Waals surface area contributed by atoms with Gasteiger partial charge in [-0.15, -0.1) is 0 Å². The number of ether oxygens (including phenoxy) is 1. The molecule has 0 heterocycles. The first-order chi connectivity index (χ1) is 12.6. The first-order valence-corrected chi connectivity index (χ1v) is 8.96. The molecule has 0 aromatic heterocycles. The highest BCUT2D eigenvalue weighted by atomic mass is 16.5. The molecule has 0 unspecified atom stereocenters. The minimum atomic E-state index is -0.252. The molecule has 2 aromatic rings. The van der Waals surface area contributed by atoms with Crippen molar-refractivity contribution < 1.29 is 14.3 Å². The molecule has 0 saturated heterocycles. The van der Waals surface area contributed by atoms with E-state index in [1.165, 1.54) is 0 Å². The van der Waals surface area contributed by atoms with E-state index in [9.17, 15) is 9.59 Å². The Morgan fingerprint density at radius 2 is 1.62 bits per heavy atom. The molecule has 0 aliphatic carbocycles. The molecule has 0 atom stereocenters. The zero-order chi connectivity index (χ0) is 18.8. The number of rotatable bonds is 9. The second-order valence-corrected chi connectivity index (χ2v) is 6.24. The highest BCUT2D eigenvalue weighted by Crippen LogP contribution is 2.16. The largest absolute Gasteiger partial charge is 0.484 e. The Morgan fingerprint density at radius 3 is 2.31 bits per heavy atom. The van der Waals surface area contributed by atoms with Crippen molar-refractivity contribution >= 4 is 23.2 Å². The first-order valence-electron chi connectivity index (χ1n) is 8.96. The van der Waals surface area contributed by atoms with Crippen LogP contribution >= 0.6 is 0 Å². The quantitative estimate of drug-likeness (QED) is 0.650. The Balaban J connectivity index is 1.83. The third-order valence-electron chi connectivity index (χ3n) is 3.80. The summed E-state index contributed by atoms with van der Waals surface area (Å²) < 4.78 is 5.49. The van der Waals surface area contributed by atoms with E-state index >= 15 is 0 Å². The van der Waals surface area contributed by atoms with Crippen molar-refractivity contribution in [2.45, 2.75) is 39.5 Å². The fraction of sp³-hybridized carbons (Fsp3) is 0.333. The van der Waals surface area contributed by atoms with Gasteiger partial charge in [0.1, 0.15) is 5.75 Å². The summed E-state index contributed by atoms with van der Waals surface area (Å²) in [6.45, 7) is 4.00. The Hall–Kier alpha value is -2.82. The minimum absolute atomic E-state index is 0.00953. The van der Waals surface area contributed by atoms with Gasteiger partial charge in [-0.3, -0.25) is 9.59 Å². The summed E-state index contributed by atoms with van der Waals surface area (Å²) in [6.07, 6.45) is 3.52. The Labute approximate surface area is 154 Å². The standard InChI is InChI=1S/C21H26N2O3/c1-3-4-5-12-20(24)22-17-9-7-10-18(14-17)23-21(25)15-26-19-11-6-8-16(2)13-19/h6-11,13-14H,3-5,12,15H2,1-2H3,(H,22,24)(H,23,25). The molecule has 2 amide bonds. The molecular formula is C21H26N2O3. The summed E-state index contributed by atoms with van der Waals surface area (Å²) in [4.78, 5) is 23.9. The number of amides is 2. The fourth-order valence-corrected chi connectivity index (χ4v) is 2.48. The second kappa shape index (κ2) is 10.2. The van der Waals surface area contributed by atoms with Gasteiger partial charge in [-0.2, -0.15) is 0 Å². The minimum Gasteiger partial charge on any atom is -0.484 e. The molecule has 0 spiro atoms. The Kier molecular flexibility index (Phi) is 7.68. The molecular weight excluding hydrogens is 328 g/mol. The summed E-state index contributed by atoms with van der Waals surface area (Å²) in [5.41, 5.74) is 2.36. The van der Waals surface area contributed by atoms with Crippen molar-refractivity contribution in [3.05, 3.63) is 54.1 Å². The number of carbonyl (C=O) groups excluding carboxylic acids is 2. The van der Waals surface area contributed by atoms with Crippen LogP contribution in [-0.2, 0) is 9.59 Å². The van der Waals surface area contributed by atoms with Crippen LogP contribution < -0.4 is 15.4 Å². The molecule has 0 radical (unpaired) electrons. The van der Waals surface area contributed by atoms with Crippen LogP contribution in [0.4, 0.5) is 11.4 Å². The highest BCUT2D eigenvalue weighted by Gasteiger charge is 2.06. The maximum absolute atomic E-state index is 12.1. The maximum Gasteiger partial charge on any atom is 0.262 e. The summed E-state index contributed by atoms with van der Waals surface area (Å²) in [6, 6.07) is 14.6. The Morgan fingerprint density at radius 1 is 0.923 bits per heavy atom. The van der Waals surface area contributed by atoms with Gasteiger partial charge in [0.15, 0.2) is 6.61 Å². The molecule has 0 aliphatic heterocycles. The van der Waals surface area contributed by atoms with Gasteiger partial charge >= 0.3 is 0 Å². The first kappa shape index (κ1) is 19.5. The topological polar surface area (TPSA) is 67.4 Å². The van der Waals surface area contributed by atoms with E-state index in [4.69, 9.17) is 4.74 Å². The van der Waals surface area contributed by atoms with E-state index in [2.05, 4.69) is 17.6 Å². The lowest BCUT2D eigenvalue weighted by Gasteiger charge is -2.10. The monoisotopic (exact) mass is 354 g/mol. The summed E-state index contributed by atoms with van der Waals surface area (Å²) in [5, 5.41) is 5.63. The third-order valence-corrected chi connectivity index (χ3v) is 3.80. The molecule has 0 aliphatic rings. The maximum atomic E-state index is 12.1. The van der Waals surface area contributed by atoms with Gasteiger partial charge in [-0.05, 0) is 49.2 Å². The average molecular weight is 354 g/mol. The van der Waals surface area contributed by atoms with Crippen molar-refractivity contribution in [3.63, 3.8) is 0 Å². The van der Waals surface area contributed by atoms with Crippen LogP contribution in [0.2, 0.25) is 0 Å². The lowest BCUT2D eigenvalue weighted by molar-refractivity contribution is -0.118. The second-order valence-electron chi connectivity index (χ2n) is 6.24. The van der Waals surface area contributed by atoms with E-state index in [0.717, 1.165) is 24.8 Å². The van der Waals surface area contributed by atoms with Crippen LogP contribution in [0.15, 0.2) is 48.5 Å². The molecule has 2 rings (SSSR count). The lowest BCUT2D eigenvalue weighted by Crippen LogP contribution is -2.20. The van der Waals surface area contributed by atoms with Gasteiger partial charge in [0.05, 0.1) is 0 Å². The highest BCUT2D eigenvalue weighted by molar-refractivity contribution is 5.94. The number of carbonyl (C=O) groups is 2. The number of benzene rings is 2. The van der Waals surface area contributed by atoms with Crippen LogP contribution in [0.25, 0.3) is 0 Å². The number of unbranched alkanes of at least 4 members (excludes halogenated alkanes) is 2. The van der Waals surface area contributed by atoms with Crippen molar-refractivity contribution in [1.29, 1.82) is 0 Å². The molecule has 0 bridgehead atoms. The van der Waals surface area contributed by atoms with Gasteiger partial charge < -0.3 is 15.4 Å². The van der Waals surface area contributed by atoms with E-state index in [0.29, 0.717) is 23.5 Å². The van der Waals surface area contributed by atoms with Crippen LogP contribution in [0.3, 0.4) is 0 Å². The zero-order valence-corrected chi connectivity index (χ0v) is 15.4. The number of nitrogens with one attached hydrogen (secondary N) is 2. The lowest BCUT2D eigenvalue weighted by atomic mass is 10.2. The van der Waals surface area contributed by atoms with Crippen molar-refractivity contribution in [1.82, 2.24) is 0 Å². The normalized spacial score (nSPS) is 10.2. The van der Waals surface area contributed by atoms with Crippen molar-refractivity contribution in [2.24, 2.45) is 0 Å². The van der Waals surface area contributed by atoms with Crippen molar-refractivity contribution in [3.8, 4) is 5.75 Å². The van der Waals surface area contributed by atoms with Crippen LogP contribution in [-0.4, -0.2) is 18.4 Å². The van der Waals surface area contributed by atoms with Gasteiger partial charge in [-0.1, -0.05) is 38.0 Å².